The van der Waals surface area contributed by atoms with Gasteiger partial charge in [0.2, 0.25) is 11.8 Å². The molecular formula is C32H40ClN3O4S. The van der Waals surface area contributed by atoms with E-state index in [1.807, 2.05) is 26.0 Å². The summed E-state index contributed by atoms with van der Waals surface area (Å²) in [5.74, 6) is -0.536. The van der Waals surface area contributed by atoms with Crippen LogP contribution in [0.25, 0.3) is 0 Å². The third kappa shape index (κ3) is 8.57. The van der Waals surface area contributed by atoms with Crippen molar-refractivity contribution < 1.29 is 18.0 Å². The normalized spacial score (nSPS) is 12.2. The van der Waals surface area contributed by atoms with Crippen molar-refractivity contribution in [2.24, 2.45) is 0 Å². The Labute approximate surface area is 249 Å². The number of sulfonamides is 1. The number of benzene rings is 3. The van der Waals surface area contributed by atoms with Crippen molar-refractivity contribution in [3.05, 3.63) is 94.5 Å². The first-order chi connectivity index (χ1) is 19.4. The van der Waals surface area contributed by atoms with Crippen LogP contribution in [0, 0.1) is 6.92 Å². The molecule has 0 radical (unpaired) electrons. The quantitative estimate of drug-likeness (QED) is 0.234. The SMILES string of the molecule is CCCCNC(=O)[C@H](C)N(Cc1ccc(Cl)cc1)C(=O)CN(c1ccc(C(C)C)cc1)S(=O)(=O)c1ccc(C)cc1. The molecule has 0 saturated carbocycles. The van der Waals surface area contributed by atoms with Crippen LogP contribution < -0.4 is 9.62 Å². The largest absolute Gasteiger partial charge is 0.354 e. The molecule has 1 atom stereocenters. The van der Waals surface area contributed by atoms with Crippen LogP contribution in [-0.2, 0) is 26.2 Å². The predicted octanol–water partition coefficient (Wildman–Crippen LogP) is 6.30. The second-order valence-corrected chi connectivity index (χ2v) is 12.8. The first-order valence-corrected chi connectivity index (χ1v) is 15.8. The molecule has 3 rings (SSSR count). The fourth-order valence-corrected chi connectivity index (χ4v) is 5.84. The van der Waals surface area contributed by atoms with E-state index >= 15 is 0 Å². The minimum absolute atomic E-state index is 0.0819. The van der Waals surface area contributed by atoms with Gasteiger partial charge in [0, 0.05) is 18.1 Å². The van der Waals surface area contributed by atoms with Gasteiger partial charge in [-0.05, 0) is 73.7 Å². The van der Waals surface area contributed by atoms with Crippen molar-refractivity contribution in [2.45, 2.75) is 70.9 Å². The summed E-state index contributed by atoms with van der Waals surface area (Å²) in [5.41, 5.74) is 3.11. The molecule has 0 heterocycles. The fourth-order valence-electron chi connectivity index (χ4n) is 4.30. The van der Waals surface area contributed by atoms with E-state index in [-0.39, 0.29) is 23.3 Å². The second-order valence-electron chi connectivity index (χ2n) is 10.5. The summed E-state index contributed by atoms with van der Waals surface area (Å²) in [4.78, 5) is 28.6. The standard InChI is InChI=1S/C32H40ClN3O4S/c1-6-7-20-34-32(38)25(5)35(21-26-10-14-28(33)15-11-26)31(37)22-36(29-16-12-27(13-17-29)23(2)3)41(39,40)30-18-8-24(4)9-19-30/h8-19,23,25H,6-7,20-22H2,1-5H3,(H,34,38)/t25-/m0/s1. The van der Waals surface area contributed by atoms with Gasteiger partial charge in [-0.2, -0.15) is 0 Å². The number of rotatable bonds is 13. The zero-order valence-corrected chi connectivity index (χ0v) is 26.0. The summed E-state index contributed by atoms with van der Waals surface area (Å²) in [6, 6.07) is 19.9. The van der Waals surface area contributed by atoms with E-state index in [4.69, 9.17) is 11.6 Å². The maximum Gasteiger partial charge on any atom is 0.264 e. The molecule has 0 aliphatic heterocycles. The van der Waals surface area contributed by atoms with Crippen molar-refractivity contribution in [3.8, 4) is 0 Å². The van der Waals surface area contributed by atoms with E-state index in [0.717, 1.165) is 33.8 Å². The average Bonchev–Trinajstić information content (AvgIpc) is 2.95. The Morgan fingerprint density at radius 2 is 1.51 bits per heavy atom. The molecule has 0 unspecified atom stereocenters. The van der Waals surface area contributed by atoms with Crippen LogP contribution in [0.15, 0.2) is 77.7 Å². The number of hydrogen-bond donors (Lipinski definition) is 1. The summed E-state index contributed by atoms with van der Waals surface area (Å²) >= 11 is 6.06. The minimum atomic E-state index is -4.11. The van der Waals surface area contributed by atoms with Gasteiger partial charge in [-0.3, -0.25) is 13.9 Å². The molecular weight excluding hydrogens is 558 g/mol. The van der Waals surface area contributed by atoms with Gasteiger partial charge in [-0.25, -0.2) is 8.42 Å². The van der Waals surface area contributed by atoms with Crippen molar-refractivity contribution in [3.63, 3.8) is 0 Å². The highest BCUT2D eigenvalue weighted by Gasteiger charge is 2.32. The summed E-state index contributed by atoms with van der Waals surface area (Å²) in [7, 11) is -4.11. The van der Waals surface area contributed by atoms with E-state index in [0.29, 0.717) is 17.3 Å². The maximum absolute atomic E-state index is 14.0. The van der Waals surface area contributed by atoms with E-state index in [9.17, 15) is 18.0 Å². The molecule has 3 aromatic carbocycles. The van der Waals surface area contributed by atoms with Gasteiger partial charge in [-0.15, -0.1) is 0 Å². The van der Waals surface area contributed by atoms with Gasteiger partial charge in [0.1, 0.15) is 12.6 Å². The molecule has 1 N–H and O–H groups in total. The van der Waals surface area contributed by atoms with E-state index in [1.165, 1.54) is 4.90 Å². The molecule has 220 valence electrons. The molecule has 41 heavy (non-hydrogen) atoms. The summed E-state index contributed by atoms with van der Waals surface area (Å²) in [6.07, 6.45) is 1.74. The highest BCUT2D eigenvalue weighted by molar-refractivity contribution is 7.92. The van der Waals surface area contributed by atoms with Crippen molar-refractivity contribution in [1.82, 2.24) is 10.2 Å². The first kappa shape index (κ1) is 32.2. The van der Waals surface area contributed by atoms with Crippen LogP contribution in [-0.4, -0.2) is 44.3 Å². The highest BCUT2D eigenvalue weighted by Crippen LogP contribution is 2.27. The number of nitrogens with one attached hydrogen (secondary N) is 1. The molecule has 7 nitrogen and oxygen atoms in total. The molecule has 0 bridgehead atoms. The van der Waals surface area contributed by atoms with E-state index < -0.39 is 28.5 Å². The number of amides is 2. The summed E-state index contributed by atoms with van der Waals surface area (Å²) in [6.45, 7) is 9.82. The molecule has 0 aliphatic rings. The molecule has 0 spiro atoms. The fraction of sp³-hybridized carbons (Fsp3) is 0.375. The lowest BCUT2D eigenvalue weighted by Crippen LogP contribution is -2.51. The average molecular weight is 598 g/mol. The Morgan fingerprint density at radius 1 is 0.902 bits per heavy atom. The lowest BCUT2D eigenvalue weighted by molar-refractivity contribution is -0.139. The lowest BCUT2D eigenvalue weighted by Gasteiger charge is -2.32. The smallest absolute Gasteiger partial charge is 0.264 e. The lowest BCUT2D eigenvalue weighted by atomic mass is 10.0. The molecule has 0 fully saturated rings. The van der Waals surface area contributed by atoms with Crippen molar-refractivity contribution >= 4 is 39.1 Å². The minimum Gasteiger partial charge on any atom is -0.354 e. The van der Waals surface area contributed by atoms with Crippen LogP contribution in [0.3, 0.4) is 0 Å². The van der Waals surface area contributed by atoms with Crippen LogP contribution >= 0.6 is 11.6 Å². The number of nitrogens with zero attached hydrogens (tertiary/aromatic N) is 2. The van der Waals surface area contributed by atoms with Gasteiger partial charge in [-0.1, -0.05) is 80.8 Å². The zero-order chi connectivity index (χ0) is 30.2. The molecule has 2 amide bonds. The summed E-state index contributed by atoms with van der Waals surface area (Å²) < 4.78 is 29.0. The Bertz CT molecular complexity index is 1410. The van der Waals surface area contributed by atoms with Gasteiger partial charge < -0.3 is 10.2 Å². The Kier molecular flexibility index (Phi) is 11.4. The number of hydrogen-bond acceptors (Lipinski definition) is 4. The second kappa shape index (κ2) is 14.5. The van der Waals surface area contributed by atoms with Gasteiger partial charge in [0.05, 0.1) is 10.6 Å². The summed E-state index contributed by atoms with van der Waals surface area (Å²) in [5, 5.41) is 3.44. The van der Waals surface area contributed by atoms with Crippen LogP contribution in [0.1, 0.15) is 63.1 Å². The van der Waals surface area contributed by atoms with Crippen LogP contribution in [0.2, 0.25) is 5.02 Å². The third-order valence-electron chi connectivity index (χ3n) is 7.00. The number of carbonyl (C=O) groups excluding carboxylic acids is 2. The van der Waals surface area contributed by atoms with Crippen LogP contribution in [0.5, 0.6) is 0 Å². The number of carbonyl (C=O) groups is 2. The number of aryl methyl sites for hydroxylation is 1. The van der Waals surface area contributed by atoms with E-state index in [1.54, 1.807) is 67.6 Å². The van der Waals surface area contributed by atoms with Gasteiger partial charge in [0.25, 0.3) is 10.0 Å². The number of halogens is 1. The molecule has 0 aromatic heterocycles. The zero-order valence-electron chi connectivity index (χ0n) is 24.4. The Balaban J connectivity index is 2.01. The van der Waals surface area contributed by atoms with Gasteiger partial charge in [0.15, 0.2) is 0 Å². The molecule has 0 saturated heterocycles. The number of unbranched alkanes of at least 4 members (excludes halogenated alkanes) is 1. The number of anilines is 1. The highest BCUT2D eigenvalue weighted by atomic mass is 35.5. The van der Waals surface area contributed by atoms with Crippen molar-refractivity contribution in [1.29, 1.82) is 0 Å². The molecule has 0 aliphatic carbocycles. The third-order valence-corrected chi connectivity index (χ3v) is 9.04. The van der Waals surface area contributed by atoms with Gasteiger partial charge >= 0.3 is 0 Å². The first-order valence-electron chi connectivity index (χ1n) is 13.9. The maximum atomic E-state index is 14.0. The molecule has 9 heteroatoms. The molecule has 3 aromatic rings. The monoisotopic (exact) mass is 597 g/mol. The van der Waals surface area contributed by atoms with Crippen molar-refractivity contribution in [2.75, 3.05) is 17.4 Å². The predicted molar refractivity (Wildman–Crippen MR) is 166 cm³/mol. The Morgan fingerprint density at radius 3 is 2.07 bits per heavy atom. The topological polar surface area (TPSA) is 86.8 Å². The van der Waals surface area contributed by atoms with Crippen LogP contribution in [0.4, 0.5) is 5.69 Å². The van der Waals surface area contributed by atoms with E-state index in [2.05, 4.69) is 19.2 Å². The Hall–Kier alpha value is -3.36.